The first-order chi connectivity index (χ1) is 10.2. The van der Waals surface area contributed by atoms with E-state index in [0.717, 1.165) is 24.0 Å². The number of carbonyl (C=O) groups is 1. The summed E-state index contributed by atoms with van der Waals surface area (Å²) in [7, 11) is 3.22. The first kappa shape index (κ1) is 15.1. The van der Waals surface area contributed by atoms with Crippen molar-refractivity contribution in [1.82, 2.24) is 9.78 Å². The minimum Gasteiger partial charge on any atom is -0.472 e. The summed E-state index contributed by atoms with van der Waals surface area (Å²) in [5.41, 5.74) is 2.53. The molecule has 0 bridgehead atoms. The van der Waals surface area contributed by atoms with Crippen LogP contribution in [0.5, 0.6) is 5.88 Å². The van der Waals surface area contributed by atoms with Gasteiger partial charge in [-0.15, -0.1) is 5.10 Å². The molecule has 0 saturated carbocycles. The molecule has 2 rings (SSSR count). The molecule has 0 aliphatic heterocycles. The molecule has 2 aromatic rings. The zero-order valence-electron chi connectivity index (χ0n) is 12.6. The number of hydrogen-bond acceptors (Lipinski definition) is 4. The average molecular weight is 288 g/mol. The molecule has 0 radical (unpaired) electrons. The molecule has 0 N–H and O–H groups in total. The smallest absolute Gasteiger partial charge is 0.338 e. The van der Waals surface area contributed by atoms with Gasteiger partial charge < -0.3 is 9.47 Å². The van der Waals surface area contributed by atoms with Crippen molar-refractivity contribution in [3.8, 4) is 5.88 Å². The van der Waals surface area contributed by atoms with Crippen molar-refractivity contribution in [1.29, 1.82) is 0 Å². The van der Waals surface area contributed by atoms with Crippen LogP contribution < -0.4 is 4.74 Å². The normalized spacial score (nSPS) is 10.4. The maximum absolute atomic E-state index is 11.9. The number of aromatic nitrogens is 2. The van der Waals surface area contributed by atoms with Gasteiger partial charge >= 0.3 is 5.97 Å². The highest BCUT2D eigenvalue weighted by Crippen LogP contribution is 2.20. The van der Waals surface area contributed by atoms with Crippen molar-refractivity contribution >= 4 is 5.97 Å². The number of methoxy groups -OCH3 is 1. The molecule has 21 heavy (non-hydrogen) atoms. The van der Waals surface area contributed by atoms with E-state index in [1.54, 1.807) is 16.8 Å². The van der Waals surface area contributed by atoms with Crippen LogP contribution in [0.3, 0.4) is 0 Å². The second kappa shape index (κ2) is 6.92. The third-order valence-corrected chi connectivity index (χ3v) is 3.25. The minimum atomic E-state index is -0.340. The van der Waals surface area contributed by atoms with Gasteiger partial charge in [0.05, 0.1) is 12.7 Å². The van der Waals surface area contributed by atoms with Crippen LogP contribution in [0.1, 0.15) is 34.8 Å². The number of esters is 1. The molecular weight excluding hydrogens is 268 g/mol. The van der Waals surface area contributed by atoms with E-state index in [1.807, 2.05) is 25.4 Å². The van der Waals surface area contributed by atoms with Crippen LogP contribution in [0.15, 0.2) is 30.5 Å². The molecule has 1 heterocycles. The molecular formula is C16H20N2O3. The van der Waals surface area contributed by atoms with Crippen molar-refractivity contribution in [2.24, 2.45) is 7.05 Å². The monoisotopic (exact) mass is 288 g/mol. The average Bonchev–Trinajstić information content (AvgIpc) is 2.91. The summed E-state index contributed by atoms with van der Waals surface area (Å²) in [4.78, 5) is 11.9. The predicted molar refractivity (Wildman–Crippen MR) is 79.3 cm³/mol. The van der Waals surface area contributed by atoms with E-state index in [1.165, 1.54) is 7.11 Å². The van der Waals surface area contributed by atoms with E-state index >= 15 is 0 Å². The Bertz CT molecular complexity index is 620. The van der Waals surface area contributed by atoms with Gasteiger partial charge in [0, 0.05) is 24.9 Å². The number of aryl methyl sites for hydroxylation is 2. The van der Waals surface area contributed by atoms with Crippen molar-refractivity contribution in [3.63, 3.8) is 0 Å². The summed E-state index contributed by atoms with van der Waals surface area (Å²) in [6.07, 6.45) is 3.71. The van der Waals surface area contributed by atoms with Gasteiger partial charge in [-0.2, -0.15) is 0 Å². The van der Waals surface area contributed by atoms with E-state index in [9.17, 15) is 4.79 Å². The summed E-state index contributed by atoms with van der Waals surface area (Å²) in [5, 5.41) is 4.17. The van der Waals surface area contributed by atoms with E-state index in [2.05, 4.69) is 12.0 Å². The maximum Gasteiger partial charge on any atom is 0.338 e. The standard InChI is InChI=1S/C16H20N2O3/c1-4-6-12-7-5-8-13(16(19)20-3)14(12)11-21-15-9-10-18(2)17-15/h5,7-10H,4,6,11H2,1-3H3. The lowest BCUT2D eigenvalue weighted by atomic mass is 9.98. The van der Waals surface area contributed by atoms with E-state index in [-0.39, 0.29) is 5.97 Å². The number of ether oxygens (including phenoxy) is 2. The van der Waals surface area contributed by atoms with Gasteiger partial charge in [0.1, 0.15) is 6.61 Å². The Kier molecular flexibility index (Phi) is 4.98. The summed E-state index contributed by atoms with van der Waals surface area (Å²) < 4.78 is 12.2. The molecule has 5 heteroatoms. The number of benzene rings is 1. The minimum absolute atomic E-state index is 0.303. The van der Waals surface area contributed by atoms with Gasteiger partial charge in [-0.3, -0.25) is 4.68 Å². The highest BCUT2D eigenvalue weighted by Gasteiger charge is 2.16. The van der Waals surface area contributed by atoms with Gasteiger partial charge in [0.15, 0.2) is 0 Å². The quantitative estimate of drug-likeness (QED) is 0.767. The van der Waals surface area contributed by atoms with Gasteiger partial charge in [-0.1, -0.05) is 25.5 Å². The molecule has 0 aliphatic rings. The van der Waals surface area contributed by atoms with Crippen molar-refractivity contribution in [2.45, 2.75) is 26.4 Å². The largest absolute Gasteiger partial charge is 0.472 e. The SMILES string of the molecule is CCCc1cccc(C(=O)OC)c1COc1ccn(C)n1. The zero-order valence-corrected chi connectivity index (χ0v) is 12.6. The van der Waals surface area contributed by atoms with E-state index in [4.69, 9.17) is 9.47 Å². The fourth-order valence-electron chi connectivity index (χ4n) is 2.23. The lowest BCUT2D eigenvalue weighted by molar-refractivity contribution is 0.0597. The first-order valence-corrected chi connectivity index (χ1v) is 6.97. The highest BCUT2D eigenvalue weighted by atomic mass is 16.5. The summed E-state index contributed by atoms with van der Waals surface area (Å²) >= 11 is 0. The topological polar surface area (TPSA) is 53.4 Å². The Hall–Kier alpha value is -2.30. The van der Waals surface area contributed by atoms with Crippen LogP contribution in [-0.4, -0.2) is 22.9 Å². The molecule has 1 aromatic heterocycles. The maximum atomic E-state index is 11.9. The fraction of sp³-hybridized carbons (Fsp3) is 0.375. The zero-order chi connectivity index (χ0) is 15.2. The van der Waals surface area contributed by atoms with Crippen molar-refractivity contribution < 1.29 is 14.3 Å². The van der Waals surface area contributed by atoms with Crippen LogP contribution in [0.4, 0.5) is 0 Å². The van der Waals surface area contributed by atoms with Crippen molar-refractivity contribution in [3.05, 3.63) is 47.2 Å². The lowest BCUT2D eigenvalue weighted by Gasteiger charge is -2.13. The Labute approximate surface area is 124 Å². The summed E-state index contributed by atoms with van der Waals surface area (Å²) in [6, 6.07) is 7.46. The van der Waals surface area contributed by atoms with Crippen LogP contribution in [0, 0.1) is 0 Å². The highest BCUT2D eigenvalue weighted by molar-refractivity contribution is 5.91. The second-order valence-corrected chi connectivity index (χ2v) is 4.80. The first-order valence-electron chi connectivity index (χ1n) is 6.97. The molecule has 0 saturated heterocycles. The van der Waals surface area contributed by atoms with Gasteiger partial charge in [-0.05, 0) is 18.1 Å². The Morgan fingerprint density at radius 2 is 2.14 bits per heavy atom. The number of hydrogen-bond donors (Lipinski definition) is 0. The van der Waals surface area contributed by atoms with Crippen LogP contribution in [0.2, 0.25) is 0 Å². The summed E-state index contributed by atoms with van der Waals surface area (Å²) in [6.45, 7) is 2.41. The Morgan fingerprint density at radius 1 is 1.33 bits per heavy atom. The number of rotatable bonds is 6. The van der Waals surface area contributed by atoms with E-state index in [0.29, 0.717) is 18.1 Å². The van der Waals surface area contributed by atoms with Crippen molar-refractivity contribution in [2.75, 3.05) is 7.11 Å². The molecule has 5 nitrogen and oxygen atoms in total. The van der Waals surface area contributed by atoms with Crippen LogP contribution in [0.25, 0.3) is 0 Å². The molecule has 0 aliphatic carbocycles. The third-order valence-electron chi connectivity index (χ3n) is 3.25. The fourth-order valence-corrected chi connectivity index (χ4v) is 2.23. The molecule has 1 aromatic carbocycles. The second-order valence-electron chi connectivity index (χ2n) is 4.80. The Balaban J connectivity index is 2.27. The van der Waals surface area contributed by atoms with E-state index < -0.39 is 0 Å². The van der Waals surface area contributed by atoms with Gasteiger partial charge in [-0.25, -0.2) is 4.79 Å². The predicted octanol–water partition coefficient (Wildman–Crippen LogP) is 2.74. The summed E-state index contributed by atoms with van der Waals surface area (Å²) in [5.74, 6) is 0.201. The Morgan fingerprint density at radius 3 is 2.76 bits per heavy atom. The molecule has 0 amide bonds. The molecule has 0 atom stereocenters. The number of carbonyl (C=O) groups excluding carboxylic acids is 1. The van der Waals surface area contributed by atoms with Crippen LogP contribution in [-0.2, 0) is 24.8 Å². The molecule has 0 fully saturated rings. The molecule has 0 spiro atoms. The third kappa shape index (κ3) is 3.62. The van der Waals surface area contributed by atoms with Gasteiger partial charge in [0.25, 0.3) is 0 Å². The molecule has 0 unspecified atom stereocenters. The van der Waals surface area contributed by atoms with Gasteiger partial charge in [0.2, 0.25) is 5.88 Å². The number of nitrogens with zero attached hydrogens (tertiary/aromatic N) is 2. The lowest BCUT2D eigenvalue weighted by Crippen LogP contribution is -2.11. The van der Waals surface area contributed by atoms with Crippen LogP contribution >= 0.6 is 0 Å². The molecule has 112 valence electrons.